The molecule has 0 saturated heterocycles. The first-order valence-corrected chi connectivity index (χ1v) is 39.9. The van der Waals surface area contributed by atoms with Gasteiger partial charge in [-0.1, -0.05) is 34.8 Å². The number of esters is 4. The fourth-order valence-electron chi connectivity index (χ4n) is 8.00. The number of carboxylic acid groups (broad SMARTS) is 5. The molecule has 0 saturated carbocycles. The van der Waals surface area contributed by atoms with Gasteiger partial charge in [-0.3, -0.25) is 57.7 Å². The molecular weight excluding hydrogens is 1710 g/mol. The molecule has 44 heteroatoms. The molecule has 3 rings (SSSR count). The van der Waals surface area contributed by atoms with Crippen molar-refractivity contribution >= 4 is 135 Å². The van der Waals surface area contributed by atoms with Gasteiger partial charge in [-0.15, -0.1) is 0 Å². The molecular formula is C79H120Cl3N4NaO36. The van der Waals surface area contributed by atoms with Crippen LogP contribution < -0.4 is 46.1 Å². The minimum atomic E-state index is -1.13. The van der Waals surface area contributed by atoms with Gasteiger partial charge >= 0.3 is 77.3 Å². The summed E-state index contributed by atoms with van der Waals surface area (Å²) in [5.74, 6) is -9.86. The van der Waals surface area contributed by atoms with Gasteiger partial charge in [0.2, 0.25) is 0 Å². The number of allylic oxidation sites excluding steroid dienone is 4. The van der Waals surface area contributed by atoms with Crippen molar-refractivity contribution in [1.82, 2.24) is 9.80 Å². The summed E-state index contributed by atoms with van der Waals surface area (Å²) in [6.45, 7) is 17.5. The molecule has 0 radical (unpaired) electrons. The van der Waals surface area contributed by atoms with E-state index in [0.29, 0.717) is 275 Å². The number of imide groups is 2. The molecule has 0 fully saturated rings. The van der Waals surface area contributed by atoms with Crippen LogP contribution in [-0.2, 0) is 148 Å². The van der Waals surface area contributed by atoms with Crippen molar-refractivity contribution in [1.29, 1.82) is 0 Å². The Labute approximate surface area is 752 Å². The second-order valence-corrected chi connectivity index (χ2v) is 25.9. The Morgan fingerprint density at radius 3 is 0.667 bits per heavy atom. The molecule has 3 heterocycles. The maximum Gasteiger partial charge on any atom is 1.00 e. The van der Waals surface area contributed by atoms with E-state index in [1.54, 1.807) is 0 Å². The predicted octanol–water partition coefficient (Wildman–Crippen LogP) is 0.462. The van der Waals surface area contributed by atoms with Crippen molar-refractivity contribution in [2.24, 2.45) is 11.5 Å². The molecule has 123 heavy (non-hydrogen) atoms. The number of amides is 4. The normalized spacial score (nSPS) is 12.2. The average molecular weight is 1830 g/mol. The van der Waals surface area contributed by atoms with E-state index in [0.717, 1.165) is 80.5 Å². The molecule has 0 spiro atoms. The fourth-order valence-corrected chi connectivity index (χ4v) is 8.00. The second-order valence-electron chi connectivity index (χ2n) is 23.9. The van der Waals surface area contributed by atoms with Crippen molar-refractivity contribution < 1.29 is 203 Å². The van der Waals surface area contributed by atoms with E-state index in [1.807, 2.05) is 0 Å². The van der Waals surface area contributed by atoms with Crippen molar-refractivity contribution in [3.8, 4) is 0 Å². The molecule has 8 N–H and O–H groups in total. The molecule has 3 aliphatic rings. The van der Waals surface area contributed by atoms with E-state index in [9.17, 15) is 76.7 Å². The molecule has 4 amide bonds. The van der Waals surface area contributed by atoms with Crippen LogP contribution in [-0.4, -0.2) is 320 Å². The van der Waals surface area contributed by atoms with E-state index in [-0.39, 0.29) is 76.3 Å². The van der Waals surface area contributed by atoms with E-state index in [2.05, 4.69) is 9.47 Å². The number of carbonyl (C=O) groups is 17. The number of ether oxygens (including phenoxy) is 14. The summed E-state index contributed by atoms with van der Waals surface area (Å²) in [5.41, 5.74) is 10.6. The standard InChI is InChI=1S/2C20H30O9.C18H24N2O7.C10H24N2O3.C4H2O3.C4H6O3.C2H4O2.CHCl3.Na/c2*21-17(7-9-19(23)24)5-1-3-11-27-13-15-29-16-14-28-12-4-2-6-18(22)8-10-20(25)26;21-15-3-4-16(22)19(15)7-1-9-25-11-13-27-14-12-26-10-2-8-20-17(23)5-6-18(20)24;11-3-1-5-13-7-9-15-10-8-14-6-2-4-12;5-3-1-2-4(6)7-3;1-3(5)7-4(2)6;1-2(3)4;2-1(3)4;/h2*7-10H,1-6,11-16H2,(H,23,24)(H,25,26);3-6H,1-2,7-14H2;1-12H2;1-2H;1-2H3;1H3,(H,3,4);1H;/q;;;;;;;;+1/p-1/b2*9-7+,10-8+;;;;;;;. The SMILES string of the molecule is CC(=O)OC(C)=O.CC(=O)[O-].ClC(Cl)Cl.NCCCOCCOCCOCCCN.O=C(O)/C=C/C(=O)CCCCOCCOCCOCCCCC(=O)/C=C/C(=O)O.O=C(O)/C=C/C(=O)CCCCOCCOCCOCCCCC(=O)/C=C/C(=O)O.O=C1C=CC(=O)N1CCCOCCOCCOCCCN1C(=O)C=CC1=O.O=C1C=CC(=O)O1.[Na+]. The monoisotopic (exact) mass is 1830 g/mol. The molecule has 40 nitrogen and oxygen atoms in total. The van der Waals surface area contributed by atoms with Crippen LogP contribution in [0.4, 0.5) is 0 Å². The minimum Gasteiger partial charge on any atom is -0.550 e. The van der Waals surface area contributed by atoms with Crippen LogP contribution in [0.5, 0.6) is 0 Å². The van der Waals surface area contributed by atoms with Gasteiger partial charge in [-0.25, -0.2) is 28.8 Å². The number of carboxylic acids is 5. The van der Waals surface area contributed by atoms with Gasteiger partial charge in [0.1, 0.15) is 0 Å². The number of carbonyl (C=O) groups excluding carboxylic acids is 13. The maximum atomic E-state index is 11.3. The Bertz CT molecular complexity index is 2860. The van der Waals surface area contributed by atoms with Gasteiger partial charge in [0, 0.05) is 172 Å². The van der Waals surface area contributed by atoms with E-state index >= 15 is 0 Å². The first kappa shape index (κ1) is 126. The summed E-state index contributed by atoms with van der Waals surface area (Å²) in [6.07, 6.45) is 24.4. The number of cyclic esters (lactones) is 2. The molecule has 0 aromatic rings. The van der Waals surface area contributed by atoms with E-state index < -0.39 is 58.0 Å². The molecule has 694 valence electrons. The largest absolute Gasteiger partial charge is 1.00 e. The van der Waals surface area contributed by atoms with Crippen LogP contribution in [0.25, 0.3) is 0 Å². The molecule has 0 aromatic heterocycles. The number of unbranched alkanes of at least 4 members (excludes halogenated alkanes) is 4. The smallest absolute Gasteiger partial charge is 0.550 e. The number of nitrogens with zero attached hydrogens (tertiary/aromatic N) is 2. The Kier molecular flexibility index (Phi) is 97.0. The van der Waals surface area contributed by atoms with Crippen LogP contribution in [0.2, 0.25) is 0 Å². The Morgan fingerprint density at radius 1 is 0.333 bits per heavy atom. The molecule has 0 unspecified atom stereocenters. The Hall–Kier alpha value is -7.92. The average Bonchev–Trinajstić information content (AvgIpc) is 1.75. The van der Waals surface area contributed by atoms with Gasteiger partial charge in [-0.05, 0) is 121 Å². The van der Waals surface area contributed by atoms with Crippen LogP contribution in [0.3, 0.4) is 0 Å². The topological polar surface area (TPSA) is 582 Å². The van der Waals surface area contributed by atoms with Crippen LogP contribution in [0.1, 0.15) is 124 Å². The van der Waals surface area contributed by atoms with E-state index in [1.165, 1.54) is 48.0 Å². The van der Waals surface area contributed by atoms with Gasteiger partial charge in [-0.2, -0.15) is 0 Å². The second kappa shape index (κ2) is 94.7. The molecule has 3 aliphatic heterocycles. The first-order chi connectivity index (χ1) is 58.2. The number of ketones is 4. The number of aliphatic carboxylic acids is 5. The zero-order valence-corrected chi connectivity index (χ0v) is 74.6. The van der Waals surface area contributed by atoms with Crippen molar-refractivity contribution in [3.63, 3.8) is 0 Å². The number of rotatable bonds is 66. The molecule has 0 aliphatic carbocycles. The third-order valence-electron chi connectivity index (χ3n) is 13.4. The van der Waals surface area contributed by atoms with Crippen molar-refractivity contribution in [2.45, 2.75) is 128 Å². The number of halogens is 3. The number of nitrogens with two attached hydrogens (primary N) is 2. The number of hydrogen-bond acceptors (Lipinski definition) is 34. The van der Waals surface area contributed by atoms with E-state index in [4.69, 9.17) is 133 Å². The third-order valence-corrected chi connectivity index (χ3v) is 13.4. The van der Waals surface area contributed by atoms with Crippen LogP contribution >= 0.6 is 34.8 Å². The van der Waals surface area contributed by atoms with Crippen molar-refractivity contribution in [3.05, 3.63) is 85.1 Å². The summed E-state index contributed by atoms with van der Waals surface area (Å²) in [4.78, 5) is 182. The summed E-state index contributed by atoms with van der Waals surface area (Å²) < 4.78 is 71.3. The summed E-state index contributed by atoms with van der Waals surface area (Å²) in [5, 5.41) is 42.5. The minimum absolute atomic E-state index is 0. The van der Waals surface area contributed by atoms with Gasteiger partial charge in [0.15, 0.2) is 27.4 Å². The van der Waals surface area contributed by atoms with Crippen LogP contribution in [0.15, 0.2) is 85.1 Å². The van der Waals surface area contributed by atoms with Gasteiger partial charge < -0.3 is 108 Å². The fraction of sp³-hybridized carbons (Fsp3) is 0.608. The van der Waals surface area contributed by atoms with Gasteiger partial charge in [0.25, 0.3) is 23.6 Å². The Balaban J connectivity index is -0.000000345. The Morgan fingerprint density at radius 2 is 0.512 bits per heavy atom. The van der Waals surface area contributed by atoms with Gasteiger partial charge in [0.05, 0.1) is 106 Å². The zero-order chi connectivity index (χ0) is 92.5. The maximum absolute atomic E-state index is 11.3. The number of alkyl halides is 3. The van der Waals surface area contributed by atoms with Crippen LogP contribution in [0, 0.1) is 0 Å². The van der Waals surface area contributed by atoms with Crippen molar-refractivity contribution in [2.75, 3.05) is 185 Å². The number of hydrogen-bond donors (Lipinski definition) is 6. The summed E-state index contributed by atoms with van der Waals surface area (Å²) in [7, 11) is 0. The first-order valence-electron chi connectivity index (χ1n) is 38.6. The third kappa shape index (κ3) is 108. The molecule has 0 aromatic carbocycles. The predicted molar refractivity (Wildman–Crippen MR) is 435 cm³/mol. The summed E-state index contributed by atoms with van der Waals surface area (Å²) in [6, 6.07) is 0. The quantitative estimate of drug-likeness (QED) is 0.00916. The molecule has 0 atom stereocenters. The molecule has 0 bridgehead atoms. The zero-order valence-electron chi connectivity index (χ0n) is 70.3. The summed E-state index contributed by atoms with van der Waals surface area (Å²) >= 11 is 14.4.